The summed E-state index contributed by atoms with van der Waals surface area (Å²) in [6.07, 6.45) is 3.70. The fraction of sp³-hybridized carbons (Fsp3) is 0.833. The standard InChI is InChI=1S/C12H20N2O2/c1-4-5-9-11(16)14(12(3)6-7-12)8(2)10(15)13-9/h8-9H,4-7H2,1-3H3,(H,13,15). The molecule has 1 aliphatic heterocycles. The summed E-state index contributed by atoms with van der Waals surface area (Å²) in [5.74, 6) is 0.0973. The van der Waals surface area contributed by atoms with Gasteiger partial charge in [-0.2, -0.15) is 0 Å². The summed E-state index contributed by atoms with van der Waals surface area (Å²) in [5, 5.41) is 2.82. The molecule has 1 aliphatic carbocycles. The molecule has 4 nitrogen and oxygen atoms in total. The highest BCUT2D eigenvalue weighted by molar-refractivity contribution is 5.97. The van der Waals surface area contributed by atoms with Crippen molar-refractivity contribution in [1.82, 2.24) is 10.2 Å². The second-order valence-electron chi connectivity index (χ2n) is 5.23. The van der Waals surface area contributed by atoms with Crippen LogP contribution >= 0.6 is 0 Å². The molecule has 1 saturated carbocycles. The van der Waals surface area contributed by atoms with Gasteiger partial charge in [0.05, 0.1) is 0 Å². The van der Waals surface area contributed by atoms with Crippen LogP contribution in [0.15, 0.2) is 0 Å². The van der Waals surface area contributed by atoms with Gasteiger partial charge in [0.2, 0.25) is 11.8 Å². The maximum absolute atomic E-state index is 12.3. The van der Waals surface area contributed by atoms with Gasteiger partial charge in [-0.25, -0.2) is 0 Å². The van der Waals surface area contributed by atoms with Gasteiger partial charge in [0.15, 0.2) is 0 Å². The Bertz CT molecular complexity index is 323. The molecule has 2 amide bonds. The average molecular weight is 224 g/mol. The van der Waals surface area contributed by atoms with Crippen molar-refractivity contribution in [3.8, 4) is 0 Å². The predicted octanol–water partition coefficient (Wildman–Crippen LogP) is 1.05. The van der Waals surface area contributed by atoms with Crippen LogP contribution in [0.5, 0.6) is 0 Å². The number of nitrogens with zero attached hydrogens (tertiary/aromatic N) is 1. The lowest BCUT2D eigenvalue weighted by atomic mass is 10.0. The quantitative estimate of drug-likeness (QED) is 0.779. The molecular formula is C12H20N2O2. The lowest BCUT2D eigenvalue weighted by Crippen LogP contribution is -2.65. The number of hydrogen-bond donors (Lipinski definition) is 1. The maximum atomic E-state index is 12.3. The Morgan fingerprint density at radius 3 is 2.56 bits per heavy atom. The lowest BCUT2D eigenvalue weighted by Gasteiger charge is -2.41. The minimum absolute atomic E-state index is 0.00817. The van der Waals surface area contributed by atoms with E-state index in [1.54, 1.807) is 0 Å². The van der Waals surface area contributed by atoms with Gasteiger partial charge in [0, 0.05) is 5.54 Å². The summed E-state index contributed by atoms with van der Waals surface area (Å²) < 4.78 is 0. The zero-order valence-electron chi connectivity index (χ0n) is 10.2. The van der Waals surface area contributed by atoms with Crippen LogP contribution in [0, 0.1) is 0 Å². The van der Waals surface area contributed by atoms with Crippen LogP contribution in [0.3, 0.4) is 0 Å². The molecule has 2 rings (SSSR count). The second kappa shape index (κ2) is 3.75. The molecule has 2 aliphatic rings. The molecule has 0 aromatic carbocycles. The van der Waals surface area contributed by atoms with Gasteiger partial charge in [0.25, 0.3) is 0 Å². The third-order valence-electron chi connectivity index (χ3n) is 3.75. The molecule has 0 aromatic rings. The minimum Gasteiger partial charge on any atom is -0.343 e. The molecule has 2 atom stereocenters. The van der Waals surface area contributed by atoms with Crippen molar-refractivity contribution in [2.45, 2.75) is 64.1 Å². The molecule has 0 spiro atoms. The van der Waals surface area contributed by atoms with E-state index in [4.69, 9.17) is 0 Å². The van der Waals surface area contributed by atoms with Gasteiger partial charge >= 0.3 is 0 Å². The molecule has 0 radical (unpaired) electrons. The van der Waals surface area contributed by atoms with Crippen LogP contribution in [0.25, 0.3) is 0 Å². The molecule has 2 unspecified atom stereocenters. The number of piperazine rings is 1. The van der Waals surface area contributed by atoms with Gasteiger partial charge in [-0.3, -0.25) is 9.59 Å². The smallest absolute Gasteiger partial charge is 0.246 e. The zero-order valence-corrected chi connectivity index (χ0v) is 10.2. The topological polar surface area (TPSA) is 49.4 Å². The van der Waals surface area contributed by atoms with Gasteiger partial charge in [-0.1, -0.05) is 13.3 Å². The van der Waals surface area contributed by atoms with Crippen LogP contribution in [0.4, 0.5) is 0 Å². The summed E-state index contributed by atoms with van der Waals surface area (Å²) in [4.78, 5) is 25.9. The largest absolute Gasteiger partial charge is 0.343 e. The van der Waals surface area contributed by atoms with Gasteiger partial charge in [-0.05, 0) is 33.1 Å². The van der Waals surface area contributed by atoms with Gasteiger partial charge in [0.1, 0.15) is 12.1 Å². The van der Waals surface area contributed by atoms with E-state index in [9.17, 15) is 9.59 Å². The van der Waals surface area contributed by atoms with E-state index in [1.165, 1.54) is 0 Å². The molecule has 1 N–H and O–H groups in total. The van der Waals surface area contributed by atoms with E-state index >= 15 is 0 Å². The van der Waals surface area contributed by atoms with Crippen molar-refractivity contribution in [2.24, 2.45) is 0 Å². The van der Waals surface area contributed by atoms with E-state index in [-0.39, 0.29) is 29.4 Å². The number of amides is 2. The highest BCUT2D eigenvalue weighted by atomic mass is 16.2. The van der Waals surface area contributed by atoms with Crippen LogP contribution in [-0.2, 0) is 9.59 Å². The van der Waals surface area contributed by atoms with E-state index < -0.39 is 0 Å². The predicted molar refractivity (Wildman–Crippen MR) is 60.8 cm³/mol. The van der Waals surface area contributed by atoms with Crippen molar-refractivity contribution in [3.63, 3.8) is 0 Å². The Morgan fingerprint density at radius 2 is 2.06 bits per heavy atom. The molecular weight excluding hydrogens is 204 g/mol. The fourth-order valence-electron chi connectivity index (χ4n) is 2.47. The molecule has 1 heterocycles. The van der Waals surface area contributed by atoms with Crippen LogP contribution < -0.4 is 5.32 Å². The van der Waals surface area contributed by atoms with E-state index in [0.29, 0.717) is 0 Å². The molecule has 2 fully saturated rings. The molecule has 4 heteroatoms. The van der Waals surface area contributed by atoms with Crippen molar-refractivity contribution < 1.29 is 9.59 Å². The Morgan fingerprint density at radius 1 is 1.44 bits per heavy atom. The average Bonchev–Trinajstić information content (AvgIpc) is 2.94. The number of rotatable bonds is 3. The Kier molecular flexibility index (Phi) is 2.68. The SMILES string of the molecule is CCCC1NC(=O)C(C)N(C2(C)CC2)C1=O. The zero-order chi connectivity index (χ0) is 11.9. The van der Waals surface area contributed by atoms with Gasteiger partial charge < -0.3 is 10.2 Å². The summed E-state index contributed by atoms with van der Waals surface area (Å²) in [7, 11) is 0. The molecule has 16 heavy (non-hydrogen) atoms. The monoisotopic (exact) mass is 224 g/mol. The molecule has 1 saturated heterocycles. The molecule has 0 bridgehead atoms. The number of carbonyl (C=O) groups is 2. The number of nitrogens with one attached hydrogen (secondary N) is 1. The summed E-state index contributed by atoms with van der Waals surface area (Å²) in [5.41, 5.74) is -0.0553. The summed E-state index contributed by atoms with van der Waals surface area (Å²) >= 11 is 0. The summed E-state index contributed by atoms with van der Waals surface area (Å²) in [6.45, 7) is 5.92. The minimum atomic E-state index is -0.312. The van der Waals surface area contributed by atoms with Crippen LogP contribution in [0.2, 0.25) is 0 Å². The number of hydrogen-bond acceptors (Lipinski definition) is 2. The lowest BCUT2D eigenvalue weighted by molar-refractivity contribution is -0.152. The third kappa shape index (κ3) is 1.70. The van der Waals surface area contributed by atoms with E-state index in [2.05, 4.69) is 12.2 Å². The van der Waals surface area contributed by atoms with E-state index in [1.807, 2.05) is 18.7 Å². The first-order chi connectivity index (χ1) is 7.49. The Hall–Kier alpha value is -1.06. The molecule has 0 aromatic heterocycles. The number of carbonyl (C=O) groups excluding carboxylic acids is 2. The maximum Gasteiger partial charge on any atom is 0.246 e. The second-order valence-corrected chi connectivity index (χ2v) is 5.23. The third-order valence-corrected chi connectivity index (χ3v) is 3.75. The molecule has 90 valence electrons. The Labute approximate surface area is 96.4 Å². The van der Waals surface area contributed by atoms with Crippen LogP contribution in [-0.4, -0.2) is 34.3 Å². The van der Waals surface area contributed by atoms with Crippen molar-refractivity contribution in [1.29, 1.82) is 0 Å². The van der Waals surface area contributed by atoms with Crippen molar-refractivity contribution in [3.05, 3.63) is 0 Å². The summed E-state index contributed by atoms with van der Waals surface area (Å²) in [6, 6.07) is -0.612. The van der Waals surface area contributed by atoms with E-state index in [0.717, 1.165) is 25.7 Å². The highest BCUT2D eigenvalue weighted by Crippen LogP contribution is 2.43. The van der Waals surface area contributed by atoms with Crippen molar-refractivity contribution in [2.75, 3.05) is 0 Å². The first-order valence-electron chi connectivity index (χ1n) is 6.13. The Balaban J connectivity index is 2.20. The normalized spacial score (nSPS) is 32.6. The first kappa shape index (κ1) is 11.4. The van der Waals surface area contributed by atoms with Gasteiger partial charge in [-0.15, -0.1) is 0 Å². The fourth-order valence-corrected chi connectivity index (χ4v) is 2.47. The highest BCUT2D eigenvalue weighted by Gasteiger charge is 2.52. The first-order valence-corrected chi connectivity index (χ1v) is 6.13. The van der Waals surface area contributed by atoms with Crippen LogP contribution in [0.1, 0.15) is 46.5 Å². The van der Waals surface area contributed by atoms with Crippen molar-refractivity contribution >= 4 is 11.8 Å².